The van der Waals surface area contributed by atoms with Crippen LogP contribution in [-0.4, -0.2) is 38.3 Å². The molecule has 1 rings (SSSR count). The number of hydrogen-bond acceptors (Lipinski definition) is 4. The first kappa shape index (κ1) is 11.1. The van der Waals surface area contributed by atoms with Crippen LogP contribution in [0.1, 0.15) is 19.3 Å². The molecule has 0 aliphatic heterocycles. The van der Waals surface area contributed by atoms with Gasteiger partial charge in [0.15, 0.2) is 0 Å². The molecule has 0 aromatic rings. The van der Waals surface area contributed by atoms with E-state index in [-0.39, 0.29) is 12.8 Å². The smallest absolute Gasteiger partial charge is 0.393 e. The maximum absolute atomic E-state index is 10.4. The predicted molar refractivity (Wildman–Crippen MR) is 42.8 cm³/mol. The first-order chi connectivity index (χ1) is 5.88. The highest BCUT2D eigenvalue weighted by Crippen LogP contribution is 2.40. The largest absolute Gasteiger partial charge is 0.469 e. The van der Waals surface area contributed by atoms with Gasteiger partial charge < -0.3 is 20.0 Å². The number of hydrogen-bond donors (Lipinski definition) is 4. The fourth-order valence-electron chi connectivity index (χ4n) is 1.40. The molecule has 0 bridgehead atoms. The van der Waals surface area contributed by atoms with Gasteiger partial charge in [0.1, 0.15) is 0 Å². The Bertz CT molecular complexity index is 213. The summed E-state index contributed by atoms with van der Waals surface area (Å²) in [6.07, 6.45) is -1.73. The highest BCUT2D eigenvalue weighted by molar-refractivity contribution is 7.46. The van der Waals surface area contributed by atoms with Gasteiger partial charge in [0.25, 0.3) is 0 Å². The van der Waals surface area contributed by atoms with Crippen molar-refractivity contribution in [3.63, 3.8) is 0 Å². The standard InChI is InChI=1S/C6H13O6P/c7-4-1-2-6(5(8)3-4)12-13(9,10)11/h4-8H,1-3H2,(H2,9,10,11). The van der Waals surface area contributed by atoms with E-state index in [1.807, 2.05) is 0 Å². The van der Waals surface area contributed by atoms with E-state index in [0.29, 0.717) is 6.42 Å². The lowest BCUT2D eigenvalue weighted by Gasteiger charge is -2.30. The van der Waals surface area contributed by atoms with Crippen LogP contribution in [0, 0.1) is 0 Å². The molecule has 4 N–H and O–H groups in total. The van der Waals surface area contributed by atoms with Crippen LogP contribution in [-0.2, 0) is 9.09 Å². The lowest BCUT2D eigenvalue weighted by Crippen LogP contribution is -2.37. The number of phosphoric ester groups is 1. The monoisotopic (exact) mass is 212 g/mol. The van der Waals surface area contributed by atoms with Gasteiger partial charge in [-0.25, -0.2) is 4.57 Å². The van der Waals surface area contributed by atoms with Crippen LogP contribution in [0.3, 0.4) is 0 Å². The maximum atomic E-state index is 10.4. The van der Waals surface area contributed by atoms with Crippen molar-refractivity contribution in [3.8, 4) is 0 Å². The summed E-state index contributed by atoms with van der Waals surface area (Å²) in [5.74, 6) is 0. The number of aliphatic hydroxyl groups is 2. The molecule has 0 heterocycles. The molecule has 0 aromatic heterocycles. The van der Waals surface area contributed by atoms with Crippen molar-refractivity contribution in [3.05, 3.63) is 0 Å². The molecule has 1 aliphatic rings. The van der Waals surface area contributed by atoms with E-state index in [1.165, 1.54) is 0 Å². The minimum atomic E-state index is -4.53. The highest BCUT2D eigenvalue weighted by atomic mass is 31.2. The van der Waals surface area contributed by atoms with Gasteiger partial charge in [0.05, 0.1) is 18.3 Å². The Morgan fingerprint density at radius 2 is 1.85 bits per heavy atom. The van der Waals surface area contributed by atoms with Crippen LogP contribution >= 0.6 is 7.82 Å². The Morgan fingerprint density at radius 3 is 2.31 bits per heavy atom. The third-order valence-corrected chi connectivity index (χ3v) is 2.55. The fraction of sp³-hybridized carbons (Fsp3) is 1.00. The van der Waals surface area contributed by atoms with Crippen LogP contribution < -0.4 is 0 Å². The molecule has 6 nitrogen and oxygen atoms in total. The number of aliphatic hydroxyl groups excluding tert-OH is 2. The molecule has 3 unspecified atom stereocenters. The molecule has 0 radical (unpaired) electrons. The third kappa shape index (κ3) is 3.72. The van der Waals surface area contributed by atoms with Gasteiger partial charge in [-0.2, -0.15) is 0 Å². The lowest BCUT2D eigenvalue weighted by molar-refractivity contribution is -0.0475. The molecule has 78 valence electrons. The SMILES string of the molecule is O=P(O)(O)OC1CCC(O)CC1O. The van der Waals surface area contributed by atoms with Crippen molar-refractivity contribution in [1.29, 1.82) is 0 Å². The number of phosphoric acid groups is 1. The summed E-state index contributed by atoms with van der Waals surface area (Å²) in [6, 6.07) is 0. The first-order valence-corrected chi connectivity index (χ1v) is 5.51. The van der Waals surface area contributed by atoms with E-state index in [1.54, 1.807) is 0 Å². The molecule has 0 saturated heterocycles. The van der Waals surface area contributed by atoms with E-state index in [9.17, 15) is 9.67 Å². The molecular weight excluding hydrogens is 199 g/mol. The second kappa shape index (κ2) is 4.04. The average molecular weight is 212 g/mol. The summed E-state index contributed by atoms with van der Waals surface area (Å²) in [6.45, 7) is 0. The Morgan fingerprint density at radius 1 is 1.23 bits per heavy atom. The highest BCUT2D eigenvalue weighted by Gasteiger charge is 2.33. The van der Waals surface area contributed by atoms with Crippen LogP contribution in [0.4, 0.5) is 0 Å². The van der Waals surface area contributed by atoms with Crippen LogP contribution in [0.25, 0.3) is 0 Å². The Hall–Kier alpha value is 0.0300. The molecule has 1 fully saturated rings. The quantitative estimate of drug-likeness (QED) is 0.454. The normalized spacial score (nSPS) is 36.2. The molecule has 13 heavy (non-hydrogen) atoms. The number of rotatable bonds is 2. The summed E-state index contributed by atoms with van der Waals surface area (Å²) in [4.78, 5) is 16.9. The van der Waals surface area contributed by atoms with Gasteiger partial charge in [-0.15, -0.1) is 0 Å². The Balaban J connectivity index is 2.47. The van der Waals surface area contributed by atoms with Crippen molar-refractivity contribution >= 4 is 7.82 Å². The topological polar surface area (TPSA) is 107 Å². The summed E-state index contributed by atoms with van der Waals surface area (Å²) in [5, 5.41) is 18.4. The summed E-state index contributed by atoms with van der Waals surface area (Å²) in [7, 11) is -4.53. The van der Waals surface area contributed by atoms with E-state index < -0.39 is 26.1 Å². The van der Waals surface area contributed by atoms with E-state index in [2.05, 4.69) is 4.52 Å². The molecule has 1 aliphatic carbocycles. The van der Waals surface area contributed by atoms with Gasteiger partial charge >= 0.3 is 7.82 Å². The summed E-state index contributed by atoms with van der Waals surface area (Å²) >= 11 is 0. The van der Waals surface area contributed by atoms with E-state index >= 15 is 0 Å². The summed E-state index contributed by atoms with van der Waals surface area (Å²) < 4.78 is 14.8. The Labute approximate surface area is 75.4 Å². The zero-order valence-electron chi connectivity index (χ0n) is 6.91. The zero-order valence-corrected chi connectivity index (χ0v) is 7.80. The van der Waals surface area contributed by atoms with Crippen molar-refractivity contribution in [2.24, 2.45) is 0 Å². The summed E-state index contributed by atoms with van der Waals surface area (Å²) in [5.41, 5.74) is 0. The fourth-order valence-corrected chi connectivity index (χ4v) is 2.00. The molecule has 0 spiro atoms. The van der Waals surface area contributed by atoms with Gasteiger partial charge in [0.2, 0.25) is 0 Å². The minimum absolute atomic E-state index is 0.102. The van der Waals surface area contributed by atoms with Crippen LogP contribution in [0.15, 0.2) is 0 Å². The van der Waals surface area contributed by atoms with E-state index in [4.69, 9.17) is 14.9 Å². The molecule has 3 atom stereocenters. The van der Waals surface area contributed by atoms with Crippen molar-refractivity contribution < 1.29 is 29.1 Å². The zero-order chi connectivity index (χ0) is 10.1. The van der Waals surface area contributed by atoms with Crippen molar-refractivity contribution in [2.45, 2.75) is 37.6 Å². The van der Waals surface area contributed by atoms with E-state index in [0.717, 1.165) is 0 Å². The molecule has 0 aromatic carbocycles. The average Bonchev–Trinajstić information content (AvgIpc) is 1.93. The van der Waals surface area contributed by atoms with Crippen LogP contribution in [0.5, 0.6) is 0 Å². The first-order valence-electron chi connectivity index (χ1n) is 3.98. The predicted octanol–water partition coefficient (Wildman–Crippen LogP) is -0.630. The lowest BCUT2D eigenvalue weighted by atomic mass is 9.93. The molecule has 0 amide bonds. The minimum Gasteiger partial charge on any atom is -0.393 e. The van der Waals surface area contributed by atoms with Crippen molar-refractivity contribution in [1.82, 2.24) is 0 Å². The maximum Gasteiger partial charge on any atom is 0.469 e. The van der Waals surface area contributed by atoms with Gasteiger partial charge in [-0.3, -0.25) is 4.52 Å². The van der Waals surface area contributed by atoms with Gasteiger partial charge in [0, 0.05) is 6.42 Å². The second-order valence-corrected chi connectivity index (χ2v) is 4.36. The van der Waals surface area contributed by atoms with Gasteiger partial charge in [-0.1, -0.05) is 0 Å². The molecule has 1 saturated carbocycles. The van der Waals surface area contributed by atoms with Crippen LogP contribution in [0.2, 0.25) is 0 Å². The molecule has 7 heteroatoms. The Kier molecular flexibility index (Phi) is 3.45. The second-order valence-electron chi connectivity index (χ2n) is 3.17. The molecular formula is C6H13O6P. The van der Waals surface area contributed by atoms with Gasteiger partial charge in [-0.05, 0) is 12.8 Å². The van der Waals surface area contributed by atoms with Crippen molar-refractivity contribution in [2.75, 3.05) is 0 Å². The third-order valence-electron chi connectivity index (χ3n) is 2.00.